The van der Waals surface area contributed by atoms with Gasteiger partial charge in [-0.2, -0.15) is 0 Å². The zero-order valence-electron chi connectivity index (χ0n) is 8.24. The third-order valence-electron chi connectivity index (χ3n) is 1.79. The topological polar surface area (TPSA) is 46.5 Å². The maximum absolute atomic E-state index is 10.5. The normalized spacial score (nSPS) is 11.2. The fourth-order valence-corrected chi connectivity index (χ4v) is 1.24. The van der Waals surface area contributed by atoms with Gasteiger partial charge in [0.05, 0.1) is 0 Å². The van der Waals surface area contributed by atoms with Crippen LogP contribution in [0.25, 0.3) is 0 Å². The number of hydrogen-bond donors (Lipinski definition) is 1. The van der Waals surface area contributed by atoms with Crippen LogP contribution < -0.4 is 4.74 Å². The van der Waals surface area contributed by atoms with Gasteiger partial charge in [-0.25, -0.2) is 4.79 Å². The van der Waals surface area contributed by atoms with Crippen molar-refractivity contribution in [3.63, 3.8) is 0 Å². The summed E-state index contributed by atoms with van der Waals surface area (Å²) in [5.74, 6) is -0.175. The molecule has 0 aliphatic heterocycles. The van der Waals surface area contributed by atoms with Crippen LogP contribution in [0.5, 0.6) is 5.75 Å². The molecule has 0 saturated heterocycles. The van der Waals surface area contributed by atoms with E-state index in [9.17, 15) is 4.79 Å². The van der Waals surface area contributed by atoms with Crippen molar-refractivity contribution in [2.24, 2.45) is 0 Å². The number of carboxylic acids is 1. The van der Waals surface area contributed by atoms with Gasteiger partial charge in [0.15, 0.2) is 0 Å². The minimum atomic E-state index is -0.916. The highest BCUT2D eigenvalue weighted by atomic mass is 127. The van der Waals surface area contributed by atoms with E-state index in [0.717, 1.165) is 9.32 Å². The molecule has 0 amide bonds. The molecule has 1 N–H and O–H groups in total. The van der Waals surface area contributed by atoms with Crippen LogP contribution in [0, 0.1) is 3.57 Å². The van der Waals surface area contributed by atoms with E-state index < -0.39 is 5.97 Å². The second-order valence-corrected chi connectivity index (χ2v) is 4.20. The summed E-state index contributed by atoms with van der Waals surface area (Å²) in [5, 5.41) is 8.59. The second kappa shape index (κ2) is 5.75. The van der Waals surface area contributed by atoms with Crippen molar-refractivity contribution < 1.29 is 14.6 Å². The summed E-state index contributed by atoms with van der Waals surface area (Å²) in [6.07, 6.45) is 1.54. The molecule has 0 atom stereocenters. The van der Waals surface area contributed by atoms with Gasteiger partial charge in [0.2, 0.25) is 0 Å². The number of rotatable bonds is 4. The highest BCUT2D eigenvalue weighted by Crippen LogP contribution is 2.13. The van der Waals surface area contributed by atoms with Crippen molar-refractivity contribution in [1.29, 1.82) is 0 Å². The molecule has 1 rings (SSSR count). The predicted octanol–water partition coefficient (Wildman–Crippen LogP) is 2.70. The molecule has 1 aromatic carbocycles. The zero-order valence-corrected chi connectivity index (χ0v) is 10.4. The van der Waals surface area contributed by atoms with Crippen LogP contribution in [0.2, 0.25) is 0 Å². The van der Waals surface area contributed by atoms with Crippen molar-refractivity contribution in [2.45, 2.75) is 6.92 Å². The van der Waals surface area contributed by atoms with Gasteiger partial charge in [0.25, 0.3) is 0 Å². The summed E-state index contributed by atoms with van der Waals surface area (Å²) in [5.41, 5.74) is 0.292. The molecule has 3 nitrogen and oxygen atoms in total. The van der Waals surface area contributed by atoms with Crippen LogP contribution in [0.15, 0.2) is 35.9 Å². The fourth-order valence-electron chi connectivity index (χ4n) is 0.881. The number of ether oxygens (including phenoxy) is 1. The van der Waals surface area contributed by atoms with Crippen molar-refractivity contribution in [3.05, 3.63) is 39.5 Å². The Morgan fingerprint density at radius 2 is 2.07 bits per heavy atom. The summed E-state index contributed by atoms with van der Waals surface area (Å²) in [6.45, 7) is 1.82. The van der Waals surface area contributed by atoms with Crippen molar-refractivity contribution in [1.82, 2.24) is 0 Å². The Labute approximate surface area is 102 Å². The van der Waals surface area contributed by atoms with Gasteiger partial charge in [-0.15, -0.1) is 0 Å². The van der Waals surface area contributed by atoms with E-state index in [0.29, 0.717) is 5.57 Å². The van der Waals surface area contributed by atoms with Gasteiger partial charge in [-0.05, 0) is 59.9 Å². The summed E-state index contributed by atoms with van der Waals surface area (Å²) >= 11 is 2.21. The lowest BCUT2D eigenvalue weighted by molar-refractivity contribution is -0.132. The van der Waals surface area contributed by atoms with Crippen LogP contribution >= 0.6 is 22.6 Å². The molecule has 1 aromatic rings. The predicted molar refractivity (Wildman–Crippen MR) is 66.0 cm³/mol. The molecule has 0 heterocycles. The quantitative estimate of drug-likeness (QED) is 0.686. The molecule has 0 unspecified atom stereocenters. The lowest BCUT2D eigenvalue weighted by atomic mass is 10.3. The highest BCUT2D eigenvalue weighted by Gasteiger charge is 1.98. The SMILES string of the molecule is CC(=CCOc1ccc(I)cc1)C(=O)O. The molecular formula is C11H11IO3. The third-order valence-corrected chi connectivity index (χ3v) is 2.51. The average Bonchev–Trinajstić information content (AvgIpc) is 2.20. The smallest absolute Gasteiger partial charge is 0.331 e. The van der Waals surface area contributed by atoms with E-state index in [4.69, 9.17) is 9.84 Å². The molecule has 0 fully saturated rings. The average molecular weight is 318 g/mol. The standard InChI is InChI=1S/C11H11IO3/c1-8(11(13)14)6-7-15-10-4-2-9(12)3-5-10/h2-6H,7H2,1H3,(H,13,14). The maximum atomic E-state index is 10.5. The molecule has 4 heteroatoms. The number of carbonyl (C=O) groups is 1. The summed E-state index contributed by atoms with van der Waals surface area (Å²) in [4.78, 5) is 10.5. The van der Waals surface area contributed by atoms with Crippen LogP contribution in [-0.2, 0) is 4.79 Å². The van der Waals surface area contributed by atoms with E-state index in [1.807, 2.05) is 24.3 Å². The molecule has 0 aromatic heterocycles. The van der Waals surface area contributed by atoms with Gasteiger partial charge in [-0.1, -0.05) is 0 Å². The number of carboxylic acid groups (broad SMARTS) is 1. The van der Waals surface area contributed by atoms with Gasteiger partial charge in [0.1, 0.15) is 12.4 Å². The monoisotopic (exact) mass is 318 g/mol. The molecule has 15 heavy (non-hydrogen) atoms. The molecular weight excluding hydrogens is 307 g/mol. The molecule has 0 radical (unpaired) electrons. The van der Waals surface area contributed by atoms with Crippen molar-refractivity contribution in [3.8, 4) is 5.75 Å². The van der Waals surface area contributed by atoms with Gasteiger partial charge in [-0.3, -0.25) is 0 Å². The highest BCUT2D eigenvalue weighted by molar-refractivity contribution is 14.1. The Balaban J connectivity index is 2.48. The Bertz CT molecular complexity index is 368. The lowest BCUT2D eigenvalue weighted by Gasteiger charge is -2.03. The van der Waals surface area contributed by atoms with E-state index in [-0.39, 0.29) is 6.61 Å². The maximum Gasteiger partial charge on any atom is 0.331 e. The summed E-state index contributed by atoms with van der Waals surface area (Å²) in [6, 6.07) is 7.57. The Hall–Kier alpha value is -1.04. The van der Waals surface area contributed by atoms with Crippen LogP contribution in [0.4, 0.5) is 0 Å². The molecule has 0 aliphatic rings. The van der Waals surface area contributed by atoms with Gasteiger partial charge < -0.3 is 9.84 Å². The minimum Gasteiger partial charge on any atom is -0.490 e. The molecule has 80 valence electrons. The van der Waals surface area contributed by atoms with Gasteiger partial charge >= 0.3 is 5.97 Å². The molecule has 0 bridgehead atoms. The summed E-state index contributed by atoms with van der Waals surface area (Å²) < 4.78 is 6.48. The minimum absolute atomic E-state index is 0.277. The van der Waals surface area contributed by atoms with Crippen LogP contribution in [0.1, 0.15) is 6.92 Å². The number of halogens is 1. The first kappa shape index (κ1) is 12.0. The fraction of sp³-hybridized carbons (Fsp3) is 0.182. The number of benzene rings is 1. The van der Waals surface area contributed by atoms with Crippen LogP contribution in [0.3, 0.4) is 0 Å². The lowest BCUT2D eigenvalue weighted by Crippen LogP contribution is -2.00. The van der Waals surface area contributed by atoms with E-state index in [1.165, 1.54) is 0 Å². The zero-order chi connectivity index (χ0) is 11.3. The van der Waals surface area contributed by atoms with E-state index in [1.54, 1.807) is 13.0 Å². The first-order valence-electron chi connectivity index (χ1n) is 4.38. The number of hydrogen-bond acceptors (Lipinski definition) is 2. The number of aliphatic carboxylic acids is 1. The molecule has 0 spiro atoms. The van der Waals surface area contributed by atoms with Crippen molar-refractivity contribution in [2.75, 3.05) is 6.61 Å². The Morgan fingerprint density at radius 3 is 2.60 bits per heavy atom. The Kier molecular flexibility index (Phi) is 4.61. The molecule has 0 saturated carbocycles. The molecule has 0 aliphatic carbocycles. The van der Waals surface area contributed by atoms with E-state index in [2.05, 4.69) is 22.6 Å². The Morgan fingerprint density at radius 1 is 1.47 bits per heavy atom. The third kappa shape index (κ3) is 4.33. The van der Waals surface area contributed by atoms with Crippen LogP contribution in [-0.4, -0.2) is 17.7 Å². The largest absolute Gasteiger partial charge is 0.490 e. The first-order valence-corrected chi connectivity index (χ1v) is 5.46. The first-order chi connectivity index (χ1) is 7.09. The van der Waals surface area contributed by atoms with Crippen molar-refractivity contribution >= 4 is 28.6 Å². The van der Waals surface area contributed by atoms with E-state index >= 15 is 0 Å². The second-order valence-electron chi connectivity index (χ2n) is 2.96. The van der Waals surface area contributed by atoms with Gasteiger partial charge in [0, 0.05) is 9.14 Å². The summed E-state index contributed by atoms with van der Waals surface area (Å²) in [7, 11) is 0.